The summed E-state index contributed by atoms with van der Waals surface area (Å²) < 4.78 is 10.3. The number of hydrogen-bond acceptors (Lipinski definition) is 4. The fourth-order valence-electron chi connectivity index (χ4n) is 1.66. The van der Waals surface area contributed by atoms with Crippen LogP contribution in [0.1, 0.15) is 5.56 Å². The zero-order valence-electron chi connectivity index (χ0n) is 9.00. The summed E-state index contributed by atoms with van der Waals surface area (Å²) in [4.78, 5) is 2.92. The minimum atomic E-state index is 0.337. The van der Waals surface area contributed by atoms with Gasteiger partial charge >= 0.3 is 0 Å². The van der Waals surface area contributed by atoms with Crippen LogP contribution in [0.4, 0.5) is 5.82 Å². The monoisotopic (exact) mass is 217 g/mol. The fraction of sp³-hybridized carbons (Fsp3) is 0.182. The topological polar surface area (TPSA) is 84.1 Å². The van der Waals surface area contributed by atoms with Crippen LogP contribution in [0.25, 0.3) is 10.9 Å². The third-order valence-electron chi connectivity index (χ3n) is 2.44. The first-order valence-electron chi connectivity index (χ1n) is 4.64. The van der Waals surface area contributed by atoms with Gasteiger partial charge < -0.3 is 20.2 Å². The molecule has 0 saturated carbocycles. The lowest BCUT2D eigenvalue weighted by Gasteiger charge is -2.05. The van der Waals surface area contributed by atoms with Crippen molar-refractivity contribution in [3.63, 3.8) is 0 Å². The molecule has 0 aliphatic carbocycles. The van der Waals surface area contributed by atoms with E-state index in [1.807, 2.05) is 0 Å². The van der Waals surface area contributed by atoms with Crippen LogP contribution in [0, 0.1) is 11.3 Å². The number of nitrogens with two attached hydrogens (primary N) is 1. The number of aromatic nitrogens is 1. The molecule has 0 fully saturated rings. The molecule has 2 rings (SSSR count). The number of hydrogen-bond donors (Lipinski definition) is 2. The highest BCUT2D eigenvalue weighted by Gasteiger charge is 2.14. The Balaban J connectivity index is 2.85. The first kappa shape index (κ1) is 10.2. The minimum Gasteiger partial charge on any atom is -0.497 e. The molecule has 0 spiro atoms. The lowest BCUT2D eigenvalue weighted by Crippen LogP contribution is -1.88. The summed E-state index contributed by atoms with van der Waals surface area (Å²) in [6.45, 7) is 0. The van der Waals surface area contributed by atoms with Crippen LogP contribution in [-0.4, -0.2) is 19.2 Å². The Kier molecular flexibility index (Phi) is 2.33. The number of benzene rings is 1. The Morgan fingerprint density at radius 3 is 2.62 bits per heavy atom. The smallest absolute Gasteiger partial charge is 0.146 e. The molecule has 5 heteroatoms. The third-order valence-corrected chi connectivity index (χ3v) is 2.44. The van der Waals surface area contributed by atoms with Crippen molar-refractivity contribution >= 4 is 16.7 Å². The molecule has 0 amide bonds. The van der Waals surface area contributed by atoms with Crippen molar-refractivity contribution in [2.24, 2.45) is 0 Å². The Morgan fingerprint density at radius 2 is 2.06 bits per heavy atom. The van der Waals surface area contributed by atoms with E-state index in [-0.39, 0.29) is 0 Å². The van der Waals surface area contributed by atoms with E-state index in [0.29, 0.717) is 33.8 Å². The number of rotatable bonds is 2. The molecule has 0 atom stereocenters. The van der Waals surface area contributed by atoms with Crippen LogP contribution >= 0.6 is 0 Å². The van der Waals surface area contributed by atoms with Crippen molar-refractivity contribution in [1.82, 2.24) is 4.98 Å². The van der Waals surface area contributed by atoms with Gasteiger partial charge in [-0.25, -0.2) is 0 Å². The lowest BCUT2D eigenvalue weighted by molar-refractivity contribution is 0.397. The predicted molar refractivity (Wildman–Crippen MR) is 60.5 cm³/mol. The number of H-pyrrole nitrogens is 1. The highest BCUT2D eigenvalue weighted by Crippen LogP contribution is 2.34. The van der Waals surface area contributed by atoms with Gasteiger partial charge in [0, 0.05) is 11.5 Å². The molecule has 82 valence electrons. The largest absolute Gasteiger partial charge is 0.497 e. The number of nitrogen functional groups attached to an aromatic ring is 1. The van der Waals surface area contributed by atoms with Crippen LogP contribution in [0.2, 0.25) is 0 Å². The Labute approximate surface area is 92.4 Å². The van der Waals surface area contributed by atoms with Gasteiger partial charge in [-0.05, 0) is 6.07 Å². The van der Waals surface area contributed by atoms with Crippen molar-refractivity contribution in [1.29, 1.82) is 5.26 Å². The molecule has 0 aliphatic rings. The third kappa shape index (κ3) is 1.32. The van der Waals surface area contributed by atoms with Crippen LogP contribution < -0.4 is 15.2 Å². The van der Waals surface area contributed by atoms with Gasteiger partial charge in [-0.1, -0.05) is 0 Å². The molecule has 0 saturated heterocycles. The molecule has 1 aromatic heterocycles. The van der Waals surface area contributed by atoms with E-state index < -0.39 is 0 Å². The number of ether oxygens (including phenoxy) is 2. The van der Waals surface area contributed by atoms with E-state index in [1.54, 1.807) is 26.4 Å². The number of fused-ring (bicyclic) bond motifs is 1. The number of nitrogens with one attached hydrogen (secondary N) is 1. The summed E-state index contributed by atoms with van der Waals surface area (Å²) in [5, 5.41) is 9.71. The second-order valence-electron chi connectivity index (χ2n) is 3.28. The quantitative estimate of drug-likeness (QED) is 0.800. The zero-order valence-corrected chi connectivity index (χ0v) is 9.00. The fourth-order valence-corrected chi connectivity index (χ4v) is 1.66. The van der Waals surface area contributed by atoms with Crippen molar-refractivity contribution in [3.8, 4) is 17.6 Å². The number of anilines is 1. The number of methoxy groups -OCH3 is 2. The van der Waals surface area contributed by atoms with E-state index in [2.05, 4.69) is 11.1 Å². The van der Waals surface area contributed by atoms with Gasteiger partial charge in [-0.2, -0.15) is 5.26 Å². The molecule has 1 heterocycles. The highest BCUT2D eigenvalue weighted by molar-refractivity contribution is 5.95. The van der Waals surface area contributed by atoms with Crippen molar-refractivity contribution in [3.05, 3.63) is 17.7 Å². The maximum Gasteiger partial charge on any atom is 0.146 e. The molecule has 0 radical (unpaired) electrons. The first-order chi connectivity index (χ1) is 7.71. The van der Waals surface area contributed by atoms with Gasteiger partial charge in [0.15, 0.2) is 0 Å². The van der Waals surface area contributed by atoms with Gasteiger partial charge in [-0.15, -0.1) is 0 Å². The summed E-state index contributed by atoms with van der Waals surface area (Å²) in [5.41, 5.74) is 6.82. The van der Waals surface area contributed by atoms with Crippen LogP contribution in [0.3, 0.4) is 0 Å². The standard InChI is InChI=1S/C11H11N3O2/c1-15-6-3-7-8(5-12)11(13)14-10(7)9(4-6)16-2/h3-4,14H,13H2,1-2H3. The van der Waals surface area contributed by atoms with E-state index in [1.165, 1.54) is 0 Å². The van der Waals surface area contributed by atoms with E-state index in [4.69, 9.17) is 20.5 Å². The second-order valence-corrected chi connectivity index (χ2v) is 3.28. The second kappa shape index (κ2) is 3.66. The molecule has 2 aromatic rings. The van der Waals surface area contributed by atoms with Gasteiger partial charge in [0.05, 0.1) is 19.7 Å². The number of nitriles is 1. The Bertz CT molecular complexity index is 581. The summed E-state index contributed by atoms with van der Waals surface area (Å²) in [5.74, 6) is 1.56. The predicted octanol–water partition coefficient (Wildman–Crippen LogP) is 1.64. The average molecular weight is 217 g/mol. The highest BCUT2D eigenvalue weighted by atomic mass is 16.5. The minimum absolute atomic E-state index is 0.337. The molecule has 3 N–H and O–H groups in total. The van der Waals surface area contributed by atoms with Gasteiger partial charge in [0.1, 0.15) is 28.9 Å². The molecular formula is C11H11N3O2. The van der Waals surface area contributed by atoms with Gasteiger partial charge in [0.2, 0.25) is 0 Å². The Hall–Kier alpha value is -2.35. The maximum atomic E-state index is 9.00. The zero-order chi connectivity index (χ0) is 11.7. The summed E-state index contributed by atoms with van der Waals surface area (Å²) >= 11 is 0. The SMILES string of the molecule is COc1cc(OC)c2[nH]c(N)c(C#N)c2c1. The average Bonchev–Trinajstić information content (AvgIpc) is 2.62. The van der Waals surface area contributed by atoms with Crippen molar-refractivity contribution in [2.45, 2.75) is 0 Å². The Morgan fingerprint density at radius 1 is 1.31 bits per heavy atom. The maximum absolute atomic E-state index is 9.00. The van der Waals surface area contributed by atoms with Crippen LogP contribution in [0.5, 0.6) is 11.5 Å². The lowest BCUT2D eigenvalue weighted by atomic mass is 10.1. The molecule has 5 nitrogen and oxygen atoms in total. The van der Waals surface area contributed by atoms with Crippen LogP contribution in [0.15, 0.2) is 12.1 Å². The summed E-state index contributed by atoms with van der Waals surface area (Å²) in [7, 11) is 3.11. The summed E-state index contributed by atoms with van der Waals surface area (Å²) in [6, 6.07) is 5.54. The molecule has 0 aliphatic heterocycles. The molecule has 0 unspecified atom stereocenters. The van der Waals surface area contributed by atoms with Gasteiger partial charge in [0.25, 0.3) is 0 Å². The van der Waals surface area contributed by atoms with Gasteiger partial charge in [-0.3, -0.25) is 0 Å². The van der Waals surface area contributed by atoms with E-state index >= 15 is 0 Å². The molecule has 0 bridgehead atoms. The van der Waals surface area contributed by atoms with E-state index in [9.17, 15) is 0 Å². The number of nitrogens with zero attached hydrogens (tertiary/aromatic N) is 1. The molecule has 16 heavy (non-hydrogen) atoms. The normalized spacial score (nSPS) is 10.1. The number of aromatic amines is 1. The van der Waals surface area contributed by atoms with Crippen molar-refractivity contribution < 1.29 is 9.47 Å². The van der Waals surface area contributed by atoms with Crippen molar-refractivity contribution in [2.75, 3.05) is 20.0 Å². The summed E-state index contributed by atoms with van der Waals surface area (Å²) in [6.07, 6.45) is 0. The van der Waals surface area contributed by atoms with Crippen LogP contribution in [-0.2, 0) is 0 Å². The first-order valence-corrected chi connectivity index (χ1v) is 4.64. The molecular weight excluding hydrogens is 206 g/mol. The molecule has 1 aromatic carbocycles. The van der Waals surface area contributed by atoms with E-state index in [0.717, 1.165) is 0 Å².